The number of hydrogen-bond acceptors (Lipinski definition) is 17. The molecule has 0 bridgehead atoms. The van der Waals surface area contributed by atoms with E-state index in [2.05, 4.69) is 73.6 Å². The van der Waals surface area contributed by atoms with Gasteiger partial charge in [-0.1, -0.05) is 0 Å². The van der Waals surface area contributed by atoms with Crippen LogP contribution in [0.25, 0.3) is 44.8 Å². The maximum atomic E-state index is 15.0. The van der Waals surface area contributed by atoms with Gasteiger partial charge in [-0.3, -0.25) is 19.6 Å². The molecule has 10 rings (SSSR count). The quantitative estimate of drug-likeness (QED) is 0.153. The van der Waals surface area contributed by atoms with Crippen LogP contribution < -0.4 is 24.6 Å². The van der Waals surface area contributed by atoms with Crippen LogP contribution in [0.15, 0.2) is 61.2 Å². The third kappa shape index (κ3) is 10.9. The summed E-state index contributed by atoms with van der Waals surface area (Å²) >= 11 is 0. The lowest BCUT2D eigenvalue weighted by atomic mass is 10.2. The zero-order valence-electron chi connectivity index (χ0n) is 43.4. The maximum absolute atomic E-state index is 15.0. The van der Waals surface area contributed by atoms with Crippen LogP contribution in [0, 0.1) is 25.5 Å². The van der Waals surface area contributed by atoms with Gasteiger partial charge < -0.3 is 33.7 Å². The van der Waals surface area contributed by atoms with Gasteiger partial charge in [0.2, 0.25) is 33.6 Å². The highest BCUT2D eigenvalue weighted by Gasteiger charge is 2.30. The van der Waals surface area contributed by atoms with Gasteiger partial charge in [-0.2, -0.15) is 4.31 Å². The van der Waals surface area contributed by atoms with Crippen LogP contribution >= 0.6 is 0 Å². The predicted molar refractivity (Wildman–Crippen MR) is 278 cm³/mol. The summed E-state index contributed by atoms with van der Waals surface area (Å²) in [6.07, 6.45) is 7.06. The van der Waals surface area contributed by atoms with Crippen molar-refractivity contribution >= 4 is 55.3 Å². The third-order valence-electron chi connectivity index (χ3n) is 12.8. The van der Waals surface area contributed by atoms with Crippen LogP contribution in [-0.4, -0.2) is 143 Å². The lowest BCUT2D eigenvalue weighted by molar-refractivity contribution is -0.120. The second kappa shape index (κ2) is 21.7. The van der Waals surface area contributed by atoms with Crippen LogP contribution in [0.1, 0.15) is 74.5 Å². The van der Waals surface area contributed by atoms with Crippen molar-refractivity contribution in [2.45, 2.75) is 66.5 Å². The Hall–Kier alpha value is -8.03. The molecule has 0 aliphatic carbocycles. The molecule has 8 aromatic rings. The third-order valence-corrected chi connectivity index (χ3v) is 14.1. The second-order valence-corrected chi connectivity index (χ2v) is 20.7. The van der Waals surface area contributed by atoms with Gasteiger partial charge >= 0.3 is 0 Å². The Balaban J connectivity index is 0.000000187. The molecular weight excluding hydrogens is 1000 g/mol. The lowest BCUT2D eigenvalue weighted by Crippen LogP contribution is -2.52. The molecular formula is C51H56F2N16O6S. The standard InChI is InChI=1S/C26H29FN8O4S.C25H27FN8O2/c1-15(2)35-16(3)30-25-21(35)11-20(31-26(25)39-4)24-19(27)13-29-22(32-24)10-17-6-7-18(12-28-17)34-9-8-33(14-23(34)36)40(5,37)38;1-14(2)34-15(3)30-24-20(34)10-19(31-25(24)36-4)23-18(26)12-29-21(32-23)9-16-5-6-17(11-28-16)33-8-7-27-13-22(33)35/h6-7,11-13,15H,8-10,14H2,1-5H3;5-6,10-12,14,27H,7-9,13H2,1-4H3. The predicted octanol–water partition coefficient (Wildman–Crippen LogP) is 5.37. The number of imidazole rings is 2. The largest absolute Gasteiger partial charge is 0.479 e. The Bertz CT molecular complexity index is 3610. The van der Waals surface area contributed by atoms with E-state index < -0.39 is 21.7 Å². The van der Waals surface area contributed by atoms with Crippen molar-refractivity contribution in [2.75, 3.05) is 69.5 Å². The van der Waals surface area contributed by atoms with Crippen molar-refractivity contribution in [1.82, 2.24) is 68.6 Å². The van der Waals surface area contributed by atoms with Crippen molar-refractivity contribution in [3.63, 3.8) is 0 Å². The van der Waals surface area contributed by atoms with Crippen molar-refractivity contribution in [2.24, 2.45) is 0 Å². The van der Waals surface area contributed by atoms with Crippen molar-refractivity contribution in [3.8, 4) is 34.5 Å². The molecule has 0 spiro atoms. The Morgan fingerprint density at radius 2 is 1.11 bits per heavy atom. The molecule has 0 saturated carbocycles. The number of sulfonamides is 1. The molecule has 0 aromatic carbocycles. The number of nitrogens with zero attached hydrogens (tertiary/aromatic N) is 15. The fourth-order valence-electron chi connectivity index (χ4n) is 9.30. The maximum Gasteiger partial charge on any atom is 0.242 e. The summed E-state index contributed by atoms with van der Waals surface area (Å²) in [7, 11) is -0.433. The number of methoxy groups -OCH3 is 2. The Morgan fingerprint density at radius 1 is 0.632 bits per heavy atom. The summed E-state index contributed by atoms with van der Waals surface area (Å²) in [4.78, 5) is 72.2. The monoisotopic (exact) mass is 1060 g/mol. The second-order valence-electron chi connectivity index (χ2n) is 18.7. The fraction of sp³-hybridized carbons (Fsp3) is 0.373. The highest BCUT2D eigenvalue weighted by molar-refractivity contribution is 7.88. The summed E-state index contributed by atoms with van der Waals surface area (Å²) in [5.74, 6) is 1.41. The van der Waals surface area contributed by atoms with E-state index in [1.807, 2.05) is 44.4 Å². The minimum absolute atomic E-state index is 0.0104. The van der Waals surface area contributed by atoms with Crippen LogP contribution in [0.2, 0.25) is 0 Å². The first-order chi connectivity index (χ1) is 36.3. The topological polar surface area (TPSA) is 247 Å². The molecule has 8 aromatic heterocycles. The number of halogens is 2. The first kappa shape index (κ1) is 52.8. The number of ether oxygens (including phenoxy) is 2. The van der Waals surface area contributed by atoms with E-state index >= 15 is 0 Å². The number of carbonyl (C=O) groups excluding carboxylic acids is 2. The van der Waals surface area contributed by atoms with Crippen LogP contribution in [-0.2, 0) is 32.5 Å². The van der Waals surface area contributed by atoms with Gasteiger partial charge in [0, 0.05) is 49.7 Å². The highest BCUT2D eigenvalue weighted by Crippen LogP contribution is 2.34. The number of carbonyl (C=O) groups is 2. The van der Waals surface area contributed by atoms with E-state index in [-0.39, 0.29) is 67.2 Å². The fourth-order valence-corrected chi connectivity index (χ4v) is 10.1. The number of piperazine rings is 2. The molecule has 1 N–H and O–H groups in total. The molecule has 0 unspecified atom stereocenters. The average Bonchev–Trinajstić information content (AvgIpc) is 3.94. The first-order valence-electron chi connectivity index (χ1n) is 24.4. The van der Waals surface area contributed by atoms with Gasteiger partial charge in [0.05, 0.1) is 105 Å². The number of aromatic nitrogens is 12. The van der Waals surface area contributed by atoms with E-state index in [9.17, 15) is 26.8 Å². The molecule has 22 nitrogen and oxygen atoms in total. The van der Waals surface area contributed by atoms with Crippen LogP contribution in [0.5, 0.6) is 11.8 Å². The van der Waals surface area contributed by atoms with Crippen LogP contribution in [0.3, 0.4) is 0 Å². The first-order valence-corrected chi connectivity index (χ1v) is 26.2. The molecule has 2 amide bonds. The van der Waals surface area contributed by atoms with Crippen molar-refractivity contribution in [3.05, 3.63) is 108 Å². The summed E-state index contributed by atoms with van der Waals surface area (Å²) in [5, 5.41) is 3.05. The average molecular weight is 1060 g/mol. The summed E-state index contributed by atoms with van der Waals surface area (Å²) in [5.41, 5.74) is 6.12. The molecule has 0 radical (unpaired) electrons. The number of hydrogen-bond donors (Lipinski definition) is 1. The number of rotatable bonds is 13. The lowest BCUT2D eigenvalue weighted by Gasteiger charge is -2.32. The van der Waals surface area contributed by atoms with Gasteiger partial charge in [0.15, 0.2) is 22.7 Å². The number of amides is 2. The Morgan fingerprint density at radius 3 is 1.50 bits per heavy atom. The molecule has 10 heterocycles. The zero-order chi connectivity index (χ0) is 54.2. The van der Waals surface area contributed by atoms with Gasteiger partial charge in [0.25, 0.3) is 0 Å². The number of nitrogens with one attached hydrogen (secondary N) is 1. The van der Waals surface area contributed by atoms with Gasteiger partial charge in [-0.25, -0.2) is 57.1 Å². The molecule has 25 heteroatoms. The van der Waals surface area contributed by atoms with Gasteiger partial charge in [-0.05, 0) is 77.9 Å². The zero-order valence-corrected chi connectivity index (χ0v) is 44.2. The minimum atomic E-state index is -3.44. The van der Waals surface area contributed by atoms with E-state index in [4.69, 9.17) is 9.47 Å². The summed E-state index contributed by atoms with van der Waals surface area (Å²) in [6, 6.07) is 10.9. The number of pyridine rings is 4. The van der Waals surface area contributed by atoms with E-state index in [0.29, 0.717) is 76.5 Å². The van der Waals surface area contributed by atoms with E-state index in [1.54, 1.807) is 41.6 Å². The van der Waals surface area contributed by atoms with Crippen molar-refractivity contribution in [1.29, 1.82) is 0 Å². The summed E-state index contributed by atoms with van der Waals surface area (Å²) < 4.78 is 69.6. The minimum Gasteiger partial charge on any atom is -0.479 e. The Labute approximate surface area is 436 Å². The normalized spacial score (nSPS) is 14.5. The molecule has 2 fully saturated rings. The smallest absolute Gasteiger partial charge is 0.242 e. The van der Waals surface area contributed by atoms with Gasteiger partial charge in [-0.15, -0.1) is 0 Å². The van der Waals surface area contributed by atoms with Gasteiger partial charge in [0.1, 0.15) is 34.7 Å². The molecule has 0 atom stereocenters. The SMILES string of the molecule is COc1nc(-c2nc(Cc3ccc(N4CCN(S(C)(=O)=O)CC4=O)cn3)ncc2F)cc2c1nc(C)n2C(C)C.COc1nc(-c2nc(Cc3ccc(N4CCNCC4=O)cn3)ncc2F)cc2c1nc(C)n2C(C)C. The van der Waals surface area contributed by atoms with Crippen molar-refractivity contribution < 1.29 is 36.3 Å². The number of aryl methyl sites for hydroxylation is 2. The van der Waals surface area contributed by atoms with E-state index in [0.717, 1.165) is 57.9 Å². The molecule has 396 valence electrons. The van der Waals surface area contributed by atoms with E-state index in [1.165, 1.54) is 19.1 Å². The number of fused-ring (bicyclic) bond motifs is 2. The molecule has 2 aliphatic rings. The summed E-state index contributed by atoms with van der Waals surface area (Å²) in [6.45, 7) is 13.9. The molecule has 76 heavy (non-hydrogen) atoms. The Kier molecular flexibility index (Phi) is 15.1. The molecule has 2 saturated heterocycles. The highest BCUT2D eigenvalue weighted by atomic mass is 32.2. The van der Waals surface area contributed by atoms with Crippen LogP contribution in [0.4, 0.5) is 20.2 Å². The molecule has 2 aliphatic heterocycles. The number of anilines is 2.